The second-order valence-electron chi connectivity index (χ2n) is 3.07. The van der Waals surface area contributed by atoms with Gasteiger partial charge in [0.1, 0.15) is 5.02 Å². The SMILES string of the molecule is C=CCn1ncc(NCCSC)c(Cl)c1=O. The summed E-state index contributed by atoms with van der Waals surface area (Å²) >= 11 is 7.66. The van der Waals surface area contributed by atoms with Crippen LogP contribution in [0.3, 0.4) is 0 Å². The second kappa shape index (κ2) is 6.60. The maximum atomic E-state index is 11.7. The normalized spacial score (nSPS) is 10.1. The Morgan fingerprint density at radius 2 is 2.50 bits per heavy atom. The highest BCUT2D eigenvalue weighted by molar-refractivity contribution is 7.98. The summed E-state index contributed by atoms with van der Waals surface area (Å²) in [5.41, 5.74) is 0.289. The molecule has 1 rings (SSSR count). The van der Waals surface area contributed by atoms with E-state index in [0.717, 1.165) is 12.3 Å². The molecule has 0 saturated heterocycles. The standard InChI is InChI=1S/C10H14ClN3OS/c1-3-5-14-10(15)9(11)8(7-13-14)12-4-6-16-2/h3,7,12H,1,4-6H2,2H3. The maximum Gasteiger partial charge on any atom is 0.287 e. The summed E-state index contributed by atoms with van der Waals surface area (Å²) in [5.74, 6) is 0.950. The predicted molar refractivity (Wildman–Crippen MR) is 70.6 cm³/mol. The molecule has 0 spiro atoms. The zero-order chi connectivity index (χ0) is 12.0. The Labute approximate surface area is 104 Å². The summed E-state index contributed by atoms with van der Waals surface area (Å²) in [6, 6.07) is 0. The fourth-order valence-electron chi connectivity index (χ4n) is 1.13. The number of allylic oxidation sites excluding steroid dienone is 1. The van der Waals surface area contributed by atoms with Gasteiger partial charge in [-0.05, 0) is 6.26 Å². The molecule has 0 radical (unpaired) electrons. The molecule has 6 heteroatoms. The molecule has 1 heterocycles. The Bertz CT molecular complexity index is 419. The Kier molecular flexibility index (Phi) is 5.42. The lowest BCUT2D eigenvalue weighted by Gasteiger charge is -2.08. The topological polar surface area (TPSA) is 46.9 Å². The van der Waals surface area contributed by atoms with Crippen LogP contribution in [0.4, 0.5) is 5.69 Å². The molecular weight excluding hydrogens is 246 g/mol. The van der Waals surface area contributed by atoms with E-state index in [1.54, 1.807) is 24.0 Å². The molecule has 0 bridgehead atoms. The number of nitrogens with zero attached hydrogens (tertiary/aromatic N) is 2. The largest absolute Gasteiger partial charge is 0.382 e. The Morgan fingerprint density at radius 1 is 1.75 bits per heavy atom. The van der Waals surface area contributed by atoms with Gasteiger partial charge in [0.05, 0.1) is 18.4 Å². The zero-order valence-electron chi connectivity index (χ0n) is 9.07. The van der Waals surface area contributed by atoms with E-state index in [1.165, 1.54) is 4.68 Å². The van der Waals surface area contributed by atoms with E-state index >= 15 is 0 Å². The molecule has 0 fully saturated rings. The number of thioether (sulfide) groups is 1. The molecule has 88 valence electrons. The van der Waals surface area contributed by atoms with Gasteiger partial charge >= 0.3 is 0 Å². The van der Waals surface area contributed by atoms with Crippen LogP contribution in [0.25, 0.3) is 0 Å². The summed E-state index contributed by atoms with van der Waals surface area (Å²) in [4.78, 5) is 11.7. The van der Waals surface area contributed by atoms with E-state index in [2.05, 4.69) is 17.0 Å². The summed E-state index contributed by atoms with van der Waals surface area (Å²) in [6.45, 7) is 4.67. The van der Waals surface area contributed by atoms with Gasteiger partial charge in [-0.25, -0.2) is 4.68 Å². The highest BCUT2D eigenvalue weighted by atomic mass is 35.5. The summed E-state index contributed by atoms with van der Waals surface area (Å²) < 4.78 is 1.27. The first kappa shape index (κ1) is 13.1. The first-order valence-corrected chi connectivity index (χ1v) is 6.57. The van der Waals surface area contributed by atoms with E-state index in [0.29, 0.717) is 12.2 Å². The van der Waals surface area contributed by atoms with Gasteiger partial charge in [-0.1, -0.05) is 17.7 Å². The molecule has 0 aromatic carbocycles. The fourth-order valence-corrected chi connectivity index (χ4v) is 1.65. The monoisotopic (exact) mass is 259 g/mol. The van der Waals surface area contributed by atoms with Gasteiger partial charge in [-0.2, -0.15) is 16.9 Å². The molecule has 0 aliphatic carbocycles. The molecule has 1 aromatic heterocycles. The van der Waals surface area contributed by atoms with Crippen molar-refractivity contribution in [2.24, 2.45) is 0 Å². The lowest BCUT2D eigenvalue weighted by atomic mass is 10.4. The van der Waals surface area contributed by atoms with Gasteiger partial charge < -0.3 is 5.32 Å². The Hall–Kier alpha value is -0.940. The third-order valence-corrected chi connectivity index (χ3v) is 2.89. The van der Waals surface area contributed by atoms with Crippen LogP contribution in [-0.4, -0.2) is 28.3 Å². The molecule has 0 atom stereocenters. The molecule has 1 N–H and O–H groups in total. The molecule has 0 aliphatic heterocycles. The van der Waals surface area contributed by atoms with Crippen LogP contribution < -0.4 is 10.9 Å². The molecule has 0 amide bonds. The van der Waals surface area contributed by atoms with Crippen LogP contribution in [0.2, 0.25) is 5.02 Å². The number of hydrogen-bond donors (Lipinski definition) is 1. The maximum absolute atomic E-state index is 11.7. The van der Waals surface area contributed by atoms with Gasteiger partial charge in [0.15, 0.2) is 0 Å². The quantitative estimate of drug-likeness (QED) is 0.626. The van der Waals surface area contributed by atoms with Crippen molar-refractivity contribution < 1.29 is 0 Å². The van der Waals surface area contributed by atoms with Crippen LogP contribution >= 0.6 is 23.4 Å². The zero-order valence-corrected chi connectivity index (χ0v) is 10.6. The number of halogens is 1. The fraction of sp³-hybridized carbons (Fsp3) is 0.400. The minimum atomic E-state index is -0.296. The van der Waals surface area contributed by atoms with Crippen LogP contribution in [0.5, 0.6) is 0 Å². The van der Waals surface area contributed by atoms with Crippen molar-refractivity contribution in [1.29, 1.82) is 0 Å². The first-order valence-electron chi connectivity index (χ1n) is 4.80. The van der Waals surface area contributed by atoms with Crippen LogP contribution in [-0.2, 0) is 6.54 Å². The van der Waals surface area contributed by atoms with Gasteiger partial charge in [0, 0.05) is 12.3 Å². The van der Waals surface area contributed by atoms with Crippen LogP contribution in [0, 0.1) is 0 Å². The van der Waals surface area contributed by atoms with E-state index in [4.69, 9.17) is 11.6 Å². The smallest absolute Gasteiger partial charge is 0.287 e. The third kappa shape index (κ3) is 3.28. The molecule has 16 heavy (non-hydrogen) atoms. The van der Waals surface area contributed by atoms with Crippen molar-refractivity contribution in [2.45, 2.75) is 6.54 Å². The number of aromatic nitrogens is 2. The minimum absolute atomic E-state index is 0.179. The third-order valence-electron chi connectivity index (χ3n) is 1.91. The molecule has 0 unspecified atom stereocenters. The number of nitrogens with one attached hydrogen (secondary N) is 1. The second-order valence-corrected chi connectivity index (χ2v) is 4.43. The average molecular weight is 260 g/mol. The van der Waals surface area contributed by atoms with Crippen molar-refractivity contribution in [2.75, 3.05) is 23.9 Å². The van der Waals surface area contributed by atoms with Gasteiger partial charge in [-0.3, -0.25) is 4.79 Å². The summed E-state index contributed by atoms with van der Waals surface area (Å²) in [7, 11) is 0. The van der Waals surface area contributed by atoms with Gasteiger partial charge in [-0.15, -0.1) is 6.58 Å². The highest BCUT2D eigenvalue weighted by Gasteiger charge is 2.07. The summed E-state index contributed by atoms with van der Waals surface area (Å²) in [6.07, 6.45) is 5.18. The molecule has 0 saturated carbocycles. The molecule has 4 nitrogen and oxygen atoms in total. The molecule has 0 aliphatic rings. The summed E-state index contributed by atoms with van der Waals surface area (Å²) in [5, 5.41) is 7.23. The van der Waals surface area contributed by atoms with E-state index in [1.807, 2.05) is 6.26 Å². The predicted octanol–water partition coefficient (Wildman–Crippen LogP) is 1.86. The van der Waals surface area contributed by atoms with Crippen LogP contribution in [0.1, 0.15) is 0 Å². The van der Waals surface area contributed by atoms with Crippen LogP contribution in [0.15, 0.2) is 23.6 Å². The van der Waals surface area contributed by atoms with Crippen molar-refractivity contribution in [3.63, 3.8) is 0 Å². The lowest BCUT2D eigenvalue weighted by Crippen LogP contribution is -2.24. The van der Waals surface area contributed by atoms with E-state index in [9.17, 15) is 4.79 Å². The average Bonchev–Trinajstić information content (AvgIpc) is 2.28. The Balaban J connectivity index is 2.85. The van der Waals surface area contributed by atoms with E-state index in [-0.39, 0.29) is 10.6 Å². The number of hydrogen-bond acceptors (Lipinski definition) is 4. The number of rotatable bonds is 6. The van der Waals surface area contributed by atoms with Crippen molar-refractivity contribution in [3.05, 3.63) is 34.2 Å². The van der Waals surface area contributed by atoms with Crippen molar-refractivity contribution in [3.8, 4) is 0 Å². The highest BCUT2D eigenvalue weighted by Crippen LogP contribution is 2.14. The molecule has 1 aromatic rings. The Morgan fingerprint density at radius 3 is 3.12 bits per heavy atom. The van der Waals surface area contributed by atoms with E-state index < -0.39 is 0 Å². The van der Waals surface area contributed by atoms with Gasteiger partial charge in [0.2, 0.25) is 0 Å². The van der Waals surface area contributed by atoms with Gasteiger partial charge in [0.25, 0.3) is 5.56 Å². The first-order chi connectivity index (χ1) is 7.70. The lowest BCUT2D eigenvalue weighted by molar-refractivity contribution is 0.653. The number of anilines is 1. The van der Waals surface area contributed by atoms with Crippen molar-refractivity contribution >= 4 is 29.1 Å². The van der Waals surface area contributed by atoms with Crippen molar-refractivity contribution in [1.82, 2.24) is 9.78 Å². The molecular formula is C10H14ClN3OS. The minimum Gasteiger partial charge on any atom is -0.382 e.